The molecule has 3 rings (SSSR count). The molecule has 5 nitrogen and oxygen atoms in total. The highest BCUT2D eigenvalue weighted by molar-refractivity contribution is 5.59. The van der Waals surface area contributed by atoms with Crippen LogP contribution in [0.3, 0.4) is 0 Å². The van der Waals surface area contributed by atoms with E-state index in [1.54, 1.807) is 0 Å². The molecular formula is C22H20F3N5. The van der Waals surface area contributed by atoms with Crippen molar-refractivity contribution in [3.8, 4) is 18.2 Å². The number of hydrogen-bond donors (Lipinski definition) is 1. The number of hydrogen-bond acceptors (Lipinski definition) is 5. The van der Waals surface area contributed by atoms with Gasteiger partial charge in [0.2, 0.25) is 0 Å². The van der Waals surface area contributed by atoms with Crippen molar-refractivity contribution in [2.45, 2.75) is 25.4 Å². The van der Waals surface area contributed by atoms with Crippen LogP contribution in [-0.4, -0.2) is 24.5 Å². The van der Waals surface area contributed by atoms with Gasteiger partial charge in [-0.15, -0.1) is 0 Å². The third-order valence-corrected chi connectivity index (χ3v) is 5.88. The standard InChI is InChI=1S/C22H20F3N5/c1-2-8-30-9-7-16-17(10-26)20(29)21(12-27,13-28)19(18(16)11-30)14-3-5-15(6-4-14)22(23,24)25/h3-7,18-19H,2,8-9,11,29H2,1H3. The van der Waals surface area contributed by atoms with E-state index in [-0.39, 0.29) is 11.3 Å². The molecule has 1 aliphatic heterocycles. The number of allylic oxidation sites excluding steroid dienone is 2. The Bertz CT molecular complexity index is 1000. The van der Waals surface area contributed by atoms with Crippen molar-refractivity contribution >= 4 is 0 Å². The van der Waals surface area contributed by atoms with E-state index in [2.05, 4.69) is 4.90 Å². The first-order chi connectivity index (χ1) is 14.2. The highest BCUT2D eigenvalue weighted by Crippen LogP contribution is 2.54. The molecule has 1 aliphatic carbocycles. The summed E-state index contributed by atoms with van der Waals surface area (Å²) >= 11 is 0. The smallest absolute Gasteiger partial charge is 0.399 e. The fraction of sp³-hybridized carbons (Fsp3) is 0.409. The van der Waals surface area contributed by atoms with Crippen LogP contribution in [-0.2, 0) is 6.18 Å². The van der Waals surface area contributed by atoms with Crippen molar-refractivity contribution in [1.29, 1.82) is 15.8 Å². The van der Waals surface area contributed by atoms with Crippen molar-refractivity contribution in [1.82, 2.24) is 4.90 Å². The van der Waals surface area contributed by atoms with Crippen LogP contribution in [0.4, 0.5) is 13.2 Å². The topological polar surface area (TPSA) is 101 Å². The van der Waals surface area contributed by atoms with Crippen molar-refractivity contribution in [3.63, 3.8) is 0 Å². The summed E-state index contributed by atoms with van der Waals surface area (Å²) in [6.45, 7) is 3.90. The minimum atomic E-state index is -4.49. The molecule has 8 heteroatoms. The first-order valence-electron chi connectivity index (χ1n) is 9.56. The van der Waals surface area contributed by atoms with Crippen LogP contribution < -0.4 is 5.73 Å². The molecule has 2 aliphatic rings. The molecular weight excluding hydrogens is 391 g/mol. The molecule has 0 bridgehead atoms. The number of fused-ring (bicyclic) bond motifs is 1. The molecule has 1 heterocycles. The van der Waals surface area contributed by atoms with Gasteiger partial charge in [0.25, 0.3) is 0 Å². The van der Waals surface area contributed by atoms with Crippen molar-refractivity contribution in [3.05, 3.63) is 58.3 Å². The average molecular weight is 411 g/mol. The first kappa shape index (κ1) is 21.4. The number of alkyl halides is 3. The Kier molecular flexibility index (Phi) is 5.61. The first-order valence-corrected chi connectivity index (χ1v) is 9.56. The van der Waals surface area contributed by atoms with Gasteiger partial charge in [-0.05, 0) is 36.2 Å². The quantitative estimate of drug-likeness (QED) is 0.814. The summed E-state index contributed by atoms with van der Waals surface area (Å²) in [5, 5.41) is 29.7. The summed E-state index contributed by atoms with van der Waals surface area (Å²) in [6.07, 6.45) is -1.72. The third-order valence-electron chi connectivity index (χ3n) is 5.88. The predicted octanol–water partition coefficient (Wildman–Crippen LogP) is 3.84. The summed E-state index contributed by atoms with van der Waals surface area (Å²) in [5.41, 5.74) is 4.61. The zero-order valence-corrected chi connectivity index (χ0v) is 16.4. The SMILES string of the molecule is CCCN1CC=C2C(C#N)=C(N)C(C#N)(C#N)C(c3ccc(C(F)(F)F)cc3)C2C1. The van der Waals surface area contributed by atoms with Gasteiger partial charge in [0.1, 0.15) is 6.07 Å². The second kappa shape index (κ2) is 7.86. The van der Waals surface area contributed by atoms with Crippen molar-refractivity contribution in [2.75, 3.05) is 19.6 Å². The Morgan fingerprint density at radius 2 is 1.80 bits per heavy atom. The fourth-order valence-electron chi connectivity index (χ4n) is 4.49. The van der Waals surface area contributed by atoms with Gasteiger partial charge in [-0.2, -0.15) is 29.0 Å². The van der Waals surface area contributed by atoms with Gasteiger partial charge in [-0.1, -0.05) is 25.1 Å². The van der Waals surface area contributed by atoms with Crippen LogP contribution in [0.1, 0.15) is 30.4 Å². The normalized spacial score (nSPS) is 23.6. The second-order valence-corrected chi connectivity index (χ2v) is 7.56. The molecule has 0 fully saturated rings. The molecule has 2 N–H and O–H groups in total. The van der Waals surface area contributed by atoms with Gasteiger partial charge >= 0.3 is 6.18 Å². The number of rotatable bonds is 3. The van der Waals surface area contributed by atoms with E-state index in [9.17, 15) is 29.0 Å². The van der Waals surface area contributed by atoms with Gasteiger partial charge in [-0.3, -0.25) is 4.90 Å². The molecule has 154 valence electrons. The Morgan fingerprint density at radius 3 is 2.30 bits per heavy atom. The number of nitrogens with zero attached hydrogens (tertiary/aromatic N) is 4. The van der Waals surface area contributed by atoms with Crippen LogP contribution in [0.5, 0.6) is 0 Å². The molecule has 2 unspecified atom stereocenters. The van der Waals surface area contributed by atoms with E-state index >= 15 is 0 Å². The maximum absolute atomic E-state index is 13.0. The molecule has 1 aromatic rings. The molecule has 0 aromatic heterocycles. The van der Waals surface area contributed by atoms with Gasteiger partial charge in [0, 0.05) is 24.9 Å². The predicted molar refractivity (Wildman–Crippen MR) is 103 cm³/mol. The lowest BCUT2D eigenvalue weighted by Gasteiger charge is -2.45. The molecule has 0 saturated carbocycles. The average Bonchev–Trinajstić information content (AvgIpc) is 2.73. The van der Waals surface area contributed by atoms with Gasteiger partial charge in [0.05, 0.1) is 29.0 Å². The molecule has 1 aromatic carbocycles. The second-order valence-electron chi connectivity index (χ2n) is 7.56. The lowest BCUT2D eigenvalue weighted by atomic mass is 9.58. The van der Waals surface area contributed by atoms with E-state index in [1.165, 1.54) is 12.1 Å². The third kappa shape index (κ3) is 3.32. The van der Waals surface area contributed by atoms with Gasteiger partial charge in [-0.25, -0.2) is 0 Å². The Hall–Kier alpha value is -3.28. The van der Waals surface area contributed by atoms with E-state index in [0.29, 0.717) is 24.2 Å². The molecule has 2 atom stereocenters. The van der Waals surface area contributed by atoms with E-state index < -0.39 is 29.0 Å². The van der Waals surface area contributed by atoms with Gasteiger partial charge < -0.3 is 5.73 Å². The van der Waals surface area contributed by atoms with Gasteiger partial charge in [0.15, 0.2) is 5.41 Å². The summed E-state index contributed by atoms with van der Waals surface area (Å²) in [7, 11) is 0. The van der Waals surface area contributed by atoms with E-state index in [1.807, 2.05) is 31.2 Å². The minimum Gasteiger partial charge on any atom is -0.399 e. The highest BCUT2D eigenvalue weighted by Gasteiger charge is 2.54. The van der Waals surface area contributed by atoms with E-state index in [4.69, 9.17) is 5.73 Å². The monoisotopic (exact) mass is 411 g/mol. The fourth-order valence-corrected chi connectivity index (χ4v) is 4.49. The molecule has 0 spiro atoms. The lowest BCUT2D eigenvalue weighted by molar-refractivity contribution is -0.137. The number of halogens is 3. The summed E-state index contributed by atoms with van der Waals surface area (Å²) in [5.74, 6) is -1.21. The zero-order chi connectivity index (χ0) is 22.1. The lowest BCUT2D eigenvalue weighted by Crippen LogP contribution is -2.48. The van der Waals surface area contributed by atoms with Crippen molar-refractivity contribution in [2.24, 2.45) is 17.1 Å². The maximum Gasteiger partial charge on any atom is 0.416 e. The Morgan fingerprint density at radius 1 is 1.17 bits per heavy atom. The largest absolute Gasteiger partial charge is 0.416 e. The number of benzene rings is 1. The van der Waals surface area contributed by atoms with Crippen LogP contribution in [0, 0.1) is 45.3 Å². The highest BCUT2D eigenvalue weighted by atomic mass is 19.4. The summed E-state index contributed by atoms with van der Waals surface area (Å²) in [6, 6.07) is 10.5. The molecule has 0 saturated heterocycles. The Balaban J connectivity index is 2.22. The minimum absolute atomic E-state index is 0.127. The number of nitriles is 3. The number of nitrogens with two attached hydrogens (primary N) is 1. The van der Waals surface area contributed by atoms with Crippen LogP contribution in [0.2, 0.25) is 0 Å². The van der Waals surface area contributed by atoms with Crippen LogP contribution in [0.25, 0.3) is 0 Å². The zero-order valence-electron chi connectivity index (χ0n) is 16.4. The molecule has 0 amide bonds. The molecule has 0 radical (unpaired) electrons. The Labute approximate surface area is 173 Å². The van der Waals surface area contributed by atoms with E-state index in [0.717, 1.165) is 25.1 Å². The van der Waals surface area contributed by atoms with Crippen molar-refractivity contribution < 1.29 is 13.2 Å². The maximum atomic E-state index is 13.0. The summed E-state index contributed by atoms with van der Waals surface area (Å²) < 4.78 is 39.1. The molecule has 30 heavy (non-hydrogen) atoms. The summed E-state index contributed by atoms with van der Waals surface area (Å²) in [4.78, 5) is 2.14. The van der Waals surface area contributed by atoms with Crippen LogP contribution in [0.15, 0.2) is 47.2 Å². The van der Waals surface area contributed by atoms with Crippen LogP contribution >= 0.6 is 0 Å².